The maximum absolute atomic E-state index is 13.1. The van der Waals surface area contributed by atoms with Crippen molar-refractivity contribution in [1.82, 2.24) is 5.32 Å². The summed E-state index contributed by atoms with van der Waals surface area (Å²) in [5.41, 5.74) is -0.839. The van der Waals surface area contributed by atoms with Gasteiger partial charge in [0.2, 0.25) is 0 Å². The van der Waals surface area contributed by atoms with Crippen molar-refractivity contribution in [2.24, 2.45) is 0 Å². The van der Waals surface area contributed by atoms with Crippen LogP contribution in [0.1, 0.15) is 26.2 Å². The van der Waals surface area contributed by atoms with Gasteiger partial charge in [-0.1, -0.05) is 0 Å². The van der Waals surface area contributed by atoms with Crippen molar-refractivity contribution in [3.05, 3.63) is 29.8 Å². The number of ether oxygens (including phenoxy) is 2. The minimum absolute atomic E-state index is 0.191. The van der Waals surface area contributed by atoms with E-state index in [1.54, 1.807) is 6.92 Å². The monoisotopic (exact) mass is 299 g/mol. The fourth-order valence-corrected chi connectivity index (χ4v) is 2.08. The van der Waals surface area contributed by atoms with Gasteiger partial charge in [0, 0.05) is 18.5 Å². The molecule has 0 aromatic heterocycles. The molecule has 116 valence electrons. The van der Waals surface area contributed by atoms with Crippen molar-refractivity contribution < 1.29 is 23.0 Å². The zero-order chi connectivity index (χ0) is 15.5. The summed E-state index contributed by atoms with van der Waals surface area (Å²) in [5.74, 6) is -2.01. The van der Waals surface area contributed by atoms with Crippen LogP contribution in [0.2, 0.25) is 0 Å². The van der Waals surface area contributed by atoms with E-state index in [1.807, 2.05) is 0 Å². The molecule has 1 unspecified atom stereocenters. The summed E-state index contributed by atoms with van der Waals surface area (Å²) in [5, 5.41) is 3.24. The average molecular weight is 299 g/mol. The second-order valence-corrected chi connectivity index (χ2v) is 5.42. The fourth-order valence-electron chi connectivity index (χ4n) is 2.08. The minimum atomic E-state index is -0.959. The molecule has 0 heterocycles. The quantitative estimate of drug-likeness (QED) is 0.786. The highest BCUT2D eigenvalue weighted by Crippen LogP contribution is 2.25. The lowest BCUT2D eigenvalue weighted by molar-refractivity contribution is -0.148. The second kappa shape index (κ2) is 6.39. The Morgan fingerprint density at radius 2 is 2.10 bits per heavy atom. The fraction of sp³-hybridized carbons (Fsp3) is 0.533. The van der Waals surface area contributed by atoms with Crippen LogP contribution in [0, 0.1) is 11.6 Å². The summed E-state index contributed by atoms with van der Waals surface area (Å²) in [6, 6.07) is 3.67. The second-order valence-electron chi connectivity index (χ2n) is 5.42. The van der Waals surface area contributed by atoms with Crippen LogP contribution in [-0.4, -0.2) is 31.3 Å². The molecule has 0 amide bonds. The molecule has 1 aliphatic rings. The lowest BCUT2D eigenvalue weighted by Crippen LogP contribution is -2.52. The van der Waals surface area contributed by atoms with Crippen molar-refractivity contribution >= 4 is 5.97 Å². The number of methoxy groups -OCH3 is 1. The highest BCUT2D eigenvalue weighted by atomic mass is 19.2. The van der Waals surface area contributed by atoms with Crippen molar-refractivity contribution in [3.8, 4) is 5.75 Å². The number of carbonyl (C=O) groups excluding carboxylic acids is 1. The minimum Gasteiger partial charge on any atom is -0.493 e. The number of carbonyl (C=O) groups is 1. The number of hydrogen-bond acceptors (Lipinski definition) is 4. The molecule has 0 bridgehead atoms. The van der Waals surface area contributed by atoms with E-state index in [-0.39, 0.29) is 18.3 Å². The lowest BCUT2D eigenvalue weighted by atomic mass is 9.98. The molecule has 6 heteroatoms. The topological polar surface area (TPSA) is 47.6 Å². The third kappa shape index (κ3) is 4.14. The maximum Gasteiger partial charge on any atom is 0.325 e. The van der Waals surface area contributed by atoms with E-state index in [2.05, 4.69) is 5.32 Å². The third-order valence-electron chi connectivity index (χ3n) is 3.50. The maximum atomic E-state index is 13.1. The number of hydrogen-bond donors (Lipinski definition) is 1. The molecule has 0 saturated heterocycles. The van der Waals surface area contributed by atoms with Crippen LogP contribution < -0.4 is 10.1 Å². The molecular weight excluding hydrogens is 280 g/mol. The molecule has 0 spiro atoms. The smallest absolute Gasteiger partial charge is 0.325 e. The van der Waals surface area contributed by atoms with Gasteiger partial charge in [-0.05, 0) is 31.9 Å². The van der Waals surface area contributed by atoms with E-state index < -0.39 is 17.2 Å². The molecule has 1 aliphatic carbocycles. The summed E-state index contributed by atoms with van der Waals surface area (Å²) in [6.07, 6.45) is 2.45. The first-order valence-corrected chi connectivity index (χ1v) is 6.88. The molecule has 1 N–H and O–H groups in total. The van der Waals surface area contributed by atoms with Gasteiger partial charge in [0.25, 0.3) is 0 Å². The zero-order valence-electron chi connectivity index (χ0n) is 12.1. The van der Waals surface area contributed by atoms with E-state index in [1.165, 1.54) is 13.2 Å². The molecule has 21 heavy (non-hydrogen) atoms. The molecule has 1 atom stereocenters. The summed E-state index contributed by atoms with van der Waals surface area (Å²) >= 11 is 0. The molecule has 1 saturated carbocycles. The lowest BCUT2D eigenvalue weighted by Gasteiger charge is -2.28. The summed E-state index contributed by atoms with van der Waals surface area (Å²) in [4.78, 5) is 11.9. The molecule has 1 aromatic carbocycles. The van der Waals surface area contributed by atoms with E-state index in [0.29, 0.717) is 12.5 Å². The van der Waals surface area contributed by atoms with Gasteiger partial charge in [0.1, 0.15) is 11.3 Å². The predicted molar refractivity (Wildman–Crippen MR) is 73.0 cm³/mol. The summed E-state index contributed by atoms with van der Waals surface area (Å²) in [6.45, 7) is 1.95. The van der Waals surface area contributed by atoms with Gasteiger partial charge in [-0.2, -0.15) is 0 Å². The van der Waals surface area contributed by atoms with Gasteiger partial charge >= 0.3 is 5.97 Å². The van der Waals surface area contributed by atoms with Gasteiger partial charge in [0.15, 0.2) is 11.6 Å². The van der Waals surface area contributed by atoms with E-state index in [0.717, 1.165) is 25.0 Å². The molecule has 0 aliphatic heterocycles. The normalized spacial score (nSPS) is 17.1. The largest absolute Gasteiger partial charge is 0.493 e. The van der Waals surface area contributed by atoms with Crippen molar-refractivity contribution in [2.75, 3.05) is 13.7 Å². The molecular formula is C15H19F2NO3. The Balaban J connectivity index is 1.91. The number of benzene rings is 1. The molecule has 1 aromatic rings. The van der Waals surface area contributed by atoms with Crippen LogP contribution in [0.3, 0.4) is 0 Å². The SMILES string of the molecule is COC(=O)C(C)(CCOc1ccc(F)c(F)c1)NC1CC1. The first kappa shape index (κ1) is 15.7. The number of halogens is 2. The van der Waals surface area contributed by atoms with E-state index >= 15 is 0 Å². The average Bonchev–Trinajstić information content (AvgIpc) is 3.25. The van der Waals surface area contributed by atoms with Gasteiger partial charge in [-0.25, -0.2) is 8.78 Å². The van der Waals surface area contributed by atoms with Crippen molar-refractivity contribution in [2.45, 2.75) is 37.8 Å². The van der Waals surface area contributed by atoms with Crippen LogP contribution in [0.5, 0.6) is 5.75 Å². The molecule has 0 radical (unpaired) electrons. The highest BCUT2D eigenvalue weighted by Gasteiger charge is 2.39. The van der Waals surface area contributed by atoms with Crippen molar-refractivity contribution in [1.29, 1.82) is 0 Å². The van der Waals surface area contributed by atoms with Crippen molar-refractivity contribution in [3.63, 3.8) is 0 Å². The summed E-state index contributed by atoms with van der Waals surface area (Å²) in [7, 11) is 1.34. The predicted octanol–water partition coefficient (Wildman–Crippen LogP) is 2.42. The van der Waals surface area contributed by atoms with Gasteiger partial charge in [0.05, 0.1) is 13.7 Å². The Labute approximate surface area is 122 Å². The number of esters is 1. The number of nitrogens with one attached hydrogen (secondary N) is 1. The Hall–Kier alpha value is -1.69. The van der Waals surface area contributed by atoms with E-state index in [9.17, 15) is 13.6 Å². The van der Waals surface area contributed by atoms with Crippen LogP contribution in [0.4, 0.5) is 8.78 Å². The molecule has 1 fully saturated rings. The Bertz CT molecular complexity index is 520. The van der Waals surface area contributed by atoms with Crippen LogP contribution >= 0.6 is 0 Å². The first-order chi connectivity index (χ1) is 9.94. The zero-order valence-corrected chi connectivity index (χ0v) is 12.1. The number of rotatable bonds is 7. The van der Waals surface area contributed by atoms with Crippen LogP contribution in [-0.2, 0) is 9.53 Å². The Morgan fingerprint density at radius 1 is 1.38 bits per heavy atom. The van der Waals surface area contributed by atoms with Crippen LogP contribution in [0.25, 0.3) is 0 Å². The van der Waals surface area contributed by atoms with Gasteiger partial charge < -0.3 is 9.47 Å². The van der Waals surface area contributed by atoms with Gasteiger partial charge in [-0.3, -0.25) is 10.1 Å². The Kier molecular flexibility index (Phi) is 4.77. The Morgan fingerprint density at radius 3 is 2.67 bits per heavy atom. The standard InChI is InChI=1S/C15H19F2NO3/c1-15(14(19)20-2,18-10-3-4-10)7-8-21-11-5-6-12(16)13(17)9-11/h5-6,9-10,18H,3-4,7-8H2,1-2H3. The molecule has 4 nitrogen and oxygen atoms in total. The molecule has 2 rings (SSSR count). The van der Waals surface area contributed by atoms with E-state index in [4.69, 9.17) is 9.47 Å². The van der Waals surface area contributed by atoms with Gasteiger partial charge in [-0.15, -0.1) is 0 Å². The summed E-state index contributed by atoms with van der Waals surface area (Å²) < 4.78 is 36.1. The first-order valence-electron chi connectivity index (χ1n) is 6.88. The van der Waals surface area contributed by atoms with Crippen LogP contribution in [0.15, 0.2) is 18.2 Å². The highest BCUT2D eigenvalue weighted by molar-refractivity contribution is 5.80. The third-order valence-corrected chi connectivity index (χ3v) is 3.50.